The molecule has 1 aromatic heterocycles. The van der Waals surface area contributed by atoms with E-state index in [9.17, 15) is 19.7 Å². The average molecular weight is 437 g/mol. The first kappa shape index (κ1) is 21.0. The molecule has 2 aromatic rings. The molecular formula is C22H21FN6OS. The van der Waals surface area contributed by atoms with Crippen LogP contribution in [-0.2, 0) is 4.79 Å². The van der Waals surface area contributed by atoms with Crippen LogP contribution in [0.15, 0.2) is 29.3 Å². The van der Waals surface area contributed by atoms with E-state index in [0.717, 1.165) is 18.5 Å². The fourth-order valence-electron chi connectivity index (χ4n) is 3.80. The van der Waals surface area contributed by atoms with Gasteiger partial charge in [-0.1, -0.05) is 11.8 Å². The number of carbonyl (C=O) groups is 1. The fraction of sp³-hybridized carbons (Fsp3) is 0.364. The average Bonchev–Trinajstić information content (AvgIpc) is 3.63. The van der Waals surface area contributed by atoms with Gasteiger partial charge in [-0.05, 0) is 48.6 Å². The Morgan fingerprint density at radius 1 is 1.13 bits per heavy atom. The maximum Gasteiger partial charge on any atom is 0.233 e. The first-order chi connectivity index (χ1) is 15.0. The van der Waals surface area contributed by atoms with Gasteiger partial charge in [0.1, 0.15) is 28.8 Å². The minimum absolute atomic E-state index is 0.0367. The molecule has 1 aromatic carbocycles. The second-order valence-corrected chi connectivity index (χ2v) is 8.56. The van der Waals surface area contributed by atoms with Gasteiger partial charge in [0, 0.05) is 31.9 Å². The molecule has 1 saturated heterocycles. The zero-order valence-electron chi connectivity index (χ0n) is 16.8. The standard InChI is InChI=1S/C22H21FN6OS/c23-15-3-5-16(6-4-15)28-7-9-29(10-8-28)19(30)13-31-22-18(12-25)20(14-1-2-14)17(11-24)21(26)27-22/h3-6,14H,1-2,7-10,13H2,(H2,26,27). The highest BCUT2D eigenvalue weighted by atomic mass is 32.2. The molecule has 0 atom stereocenters. The van der Waals surface area contributed by atoms with E-state index in [1.165, 1.54) is 23.9 Å². The summed E-state index contributed by atoms with van der Waals surface area (Å²) in [4.78, 5) is 20.9. The summed E-state index contributed by atoms with van der Waals surface area (Å²) < 4.78 is 13.1. The number of carbonyl (C=O) groups excluding carboxylic acids is 1. The lowest BCUT2D eigenvalue weighted by Gasteiger charge is -2.36. The lowest BCUT2D eigenvalue weighted by Crippen LogP contribution is -2.49. The number of benzene rings is 1. The molecule has 31 heavy (non-hydrogen) atoms. The molecule has 2 aliphatic rings. The number of piperazine rings is 1. The van der Waals surface area contributed by atoms with Crippen molar-refractivity contribution in [2.75, 3.05) is 42.6 Å². The van der Waals surface area contributed by atoms with Gasteiger partial charge in [-0.3, -0.25) is 4.79 Å². The number of amides is 1. The molecule has 0 radical (unpaired) electrons. The Morgan fingerprint density at radius 3 is 2.35 bits per heavy atom. The first-order valence-corrected chi connectivity index (χ1v) is 11.0. The Labute approximate surface area is 184 Å². The largest absolute Gasteiger partial charge is 0.383 e. The second-order valence-electron chi connectivity index (χ2n) is 7.60. The number of aromatic nitrogens is 1. The van der Waals surface area contributed by atoms with E-state index < -0.39 is 0 Å². The third-order valence-corrected chi connectivity index (χ3v) is 6.56. The zero-order chi connectivity index (χ0) is 22.0. The summed E-state index contributed by atoms with van der Waals surface area (Å²) in [5.74, 6) is 0.127. The predicted octanol–water partition coefficient (Wildman–Crippen LogP) is 2.86. The number of nitriles is 2. The van der Waals surface area contributed by atoms with Crippen molar-refractivity contribution in [1.29, 1.82) is 10.5 Å². The Morgan fingerprint density at radius 2 is 1.77 bits per heavy atom. The Balaban J connectivity index is 1.40. The van der Waals surface area contributed by atoms with Crippen LogP contribution in [0.4, 0.5) is 15.9 Å². The summed E-state index contributed by atoms with van der Waals surface area (Å²) >= 11 is 1.20. The molecule has 158 valence electrons. The highest BCUT2D eigenvalue weighted by Crippen LogP contribution is 2.45. The number of nitrogen functional groups attached to an aromatic ring is 1. The van der Waals surface area contributed by atoms with E-state index in [2.05, 4.69) is 22.0 Å². The van der Waals surface area contributed by atoms with Crippen molar-refractivity contribution in [1.82, 2.24) is 9.88 Å². The third-order valence-electron chi connectivity index (χ3n) is 5.60. The van der Waals surface area contributed by atoms with Crippen molar-refractivity contribution in [3.8, 4) is 12.1 Å². The molecule has 1 amide bonds. The maximum atomic E-state index is 13.1. The van der Waals surface area contributed by atoms with E-state index >= 15 is 0 Å². The topological polar surface area (TPSA) is 110 Å². The number of anilines is 2. The number of hydrogen-bond donors (Lipinski definition) is 1. The van der Waals surface area contributed by atoms with Crippen LogP contribution in [-0.4, -0.2) is 47.7 Å². The molecule has 0 unspecified atom stereocenters. The van der Waals surface area contributed by atoms with Gasteiger partial charge >= 0.3 is 0 Å². The molecule has 1 aliphatic heterocycles. The second kappa shape index (κ2) is 8.83. The van der Waals surface area contributed by atoms with Crippen LogP contribution in [0.1, 0.15) is 35.4 Å². The van der Waals surface area contributed by atoms with E-state index in [0.29, 0.717) is 42.3 Å². The van der Waals surface area contributed by atoms with Crippen LogP contribution in [0.5, 0.6) is 0 Å². The Bertz CT molecular complexity index is 1080. The molecule has 4 rings (SSSR count). The number of nitrogens with zero attached hydrogens (tertiary/aromatic N) is 5. The lowest BCUT2D eigenvalue weighted by atomic mass is 10.0. The van der Waals surface area contributed by atoms with Crippen LogP contribution < -0.4 is 10.6 Å². The van der Waals surface area contributed by atoms with Gasteiger partial charge in [0.05, 0.1) is 16.9 Å². The molecular weight excluding hydrogens is 415 g/mol. The Hall–Kier alpha value is -3.30. The minimum atomic E-state index is -0.270. The third kappa shape index (κ3) is 4.42. The fourth-order valence-corrected chi connectivity index (χ4v) is 4.70. The smallest absolute Gasteiger partial charge is 0.233 e. The highest BCUT2D eigenvalue weighted by molar-refractivity contribution is 8.00. The van der Waals surface area contributed by atoms with Gasteiger partial charge in [0.15, 0.2) is 0 Å². The molecule has 0 bridgehead atoms. The van der Waals surface area contributed by atoms with Gasteiger partial charge < -0.3 is 15.5 Å². The number of rotatable bonds is 5. The van der Waals surface area contributed by atoms with Crippen LogP contribution in [0, 0.1) is 28.5 Å². The van der Waals surface area contributed by atoms with Gasteiger partial charge in [-0.25, -0.2) is 9.37 Å². The molecule has 2 fully saturated rings. The number of nitrogens with two attached hydrogens (primary N) is 1. The highest BCUT2D eigenvalue weighted by Gasteiger charge is 2.32. The normalized spacial score (nSPS) is 16.0. The molecule has 1 aliphatic carbocycles. The van der Waals surface area contributed by atoms with Gasteiger partial charge in [-0.2, -0.15) is 10.5 Å². The summed E-state index contributed by atoms with van der Waals surface area (Å²) in [7, 11) is 0. The van der Waals surface area contributed by atoms with E-state index in [4.69, 9.17) is 5.73 Å². The SMILES string of the molecule is N#Cc1c(N)nc(SCC(=O)N2CCN(c3ccc(F)cc3)CC2)c(C#N)c1C1CC1. The molecule has 2 N–H and O–H groups in total. The summed E-state index contributed by atoms with van der Waals surface area (Å²) in [6.45, 7) is 2.47. The number of halogens is 1. The van der Waals surface area contributed by atoms with Crippen molar-refractivity contribution < 1.29 is 9.18 Å². The molecule has 2 heterocycles. The van der Waals surface area contributed by atoms with Crippen LogP contribution in [0.2, 0.25) is 0 Å². The van der Waals surface area contributed by atoms with Gasteiger partial charge in [0.25, 0.3) is 0 Å². The van der Waals surface area contributed by atoms with Crippen molar-refractivity contribution in [3.05, 3.63) is 46.8 Å². The van der Waals surface area contributed by atoms with Gasteiger partial charge in [-0.15, -0.1) is 0 Å². The van der Waals surface area contributed by atoms with Crippen molar-refractivity contribution in [2.24, 2.45) is 0 Å². The minimum Gasteiger partial charge on any atom is -0.383 e. The predicted molar refractivity (Wildman–Crippen MR) is 116 cm³/mol. The monoisotopic (exact) mass is 436 g/mol. The molecule has 1 saturated carbocycles. The number of thioether (sulfide) groups is 1. The lowest BCUT2D eigenvalue weighted by molar-refractivity contribution is -0.128. The van der Waals surface area contributed by atoms with Crippen LogP contribution >= 0.6 is 11.8 Å². The van der Waals surface area contributed by atoms with Gasteiger partial charge in [0.2, 0.25) is 5.91 Å². The van der Waals surface area contributed by atoms with E-state index in [1.54, 1.807) is 17.0 Å². The molecule has 9 heteroatoms. The quantitative estimate of drug-likeness (QED) is 0.718. The number of hydrogen-bond acceptors (Lipinski definition) is 7. The summed E-state index contributed by atoms with van der Waals surface area (Å²) in [5, 5.41) is 19.5. The Kier molecular flexibility index (Phi) is 5.97. The summed E-state index contributed by atoms with van der Waals surface area (Å²) in [6.07, 6.45) is 1.85. The first-order valence-electron chi connectivity index (χ1n) is 10.1. The number of pyridine rings is 1. The molecule has 7 nitrogen and oxygen atoms in total. The maximum absolute atomic E-state index is 13.1. The summed E-state index contributed by atoms with van der Waals surface area (Å²) in [6, 6.07) is 10.6. The van der Waals surface area contributed by atoms with Crippen LogP contribution in [0.25, 0.3) is 0 Å². The van der Waals surface area contributed by atoms with Crippen molar-refractivity contribution >= 4 is 29.2 Å². The summed E-state index contributed by atoms with van der Waals surface area (Å²) in [5.41, 5.74) is 8.24. The zero-order valence-corrected chi connectivity index (χ0v) is 17.7. The van der Waals surface area contributed by atoms with Crippen molar-refractivity contribution in [3.63, 3.8) is 0 Å². The van der Waals surface area contributed by atoms with Crippen molar-refractivity contribution in [2.45, 2.75) is 23.8 Å². The van der Waals surface area contributed by atoms with E-state index in [1.807, 2.05) is 0 Å². The van der Waals surface area contributed by atoms with E-state index in [-0.39, 0.29) is 34.8 Å². The molecule has 0 spiro atoms. The van der Waals surface area contributed by atoms with Crippen LogP contribution in [0.3, 0.4) is 0 Å².